The maximum Gasteiger partial charge on any atom is 0.222 e. The summed E-state index contributed by atoms with van der Waals surface area (Å²) in [5.74, 6) is 0.724. The molecule has 1 aromatic rings. The van der Waals surface area contributed by atoms with Crippen LogP contribution in [0.3, 0.4) is 0 Å². The van der Waals surface area contributed by atoms with Crippen molar-refractivity contribution in [3.8, 4) is 0 Å². The van der Waals surface area contributed by atoms with Gasteiger partial charge in [0.05, 0.1) is 12.2 Å². The van der Waals surface area contributed by atoms with E-state index in [0.717, 1.165) is 44.6 Å². The molecule has 26 heavy (non-hydrogen) atoms. The van der Waals surface area contributed by atoms with Crippen LogP contribution in [0, 0.1) is 5.82 Å². The van der Waals surface area contributed by atoms with Gasteiger partial charge < -0.3 is 20.4 Å². The van der Waals surface area contributed by atoms with Crippen molar-refractivity contribution < 1.29 is 9.18 Å². The first kappa shape index (κ1) is 20.0. The van der Waals surface area contributed by atoms with Gasteiger partial charge in [-0.15, -0.1) is 0 Å². The summed E-state index contributed by atoms with van der Waals surface area (Å²) in [6, 6.07) is 5.19. The molecule has 1 aromatic carbocycles. The lowest BCUT2D eigenvalue weighted by Crippen LogP contribution is -2.39. The Morgan fingerprint density at radius 2 is 2.15 bits per heavy atom. The van der Waals surface area contributed by atoms with Crippen LogP contribution >= 0.6 is 0 Å². The van der Waals surface area contributed by atoms with Crippen LogP contribution in [0.1, 0.15) is 31.7 Å². The molecule has 0 radical (unpaired) electrons. The van der Waals surface area contributed by atoms with Gasteiger partial charge >= 0.3 is 0 Å². The van der Waals surface area contributed by atoms with E-state index in [1.807, 2.05) is 32.0 Å². The molecule has 0 saturated carbocycles. The standard InChI is InChI=1S/C19H30FN5O/c1-4-21-19(22-10-6-12-25-11-5-7-18(25)26)23-14-15-8-9-17(24(2)3)16(20)13-15/h8-9,13H,4-7,10-12,14H2,1-3H3,(H2,21,22,23). The lowest BCUT2D eigenvalue weighted by atomic mass is 10.2. The van der Waals surface area contributed by atoms with Crippen molar-refractivity contribution >= 4 is 17.6 Å². The number of carbonyl (C=O) groups is 1. The Morgan fingerprint density at radius 1 is 1.35 bits per heavy atom. The Kier molecular flexibility index (Phi) is 7.69. The smallest absolute Gasteiger partial charge is 0.222 e. The number of nitrogens with one attached hydrogen (secondary N) is 2. The van der Waals surface area contributed by atoms with Gasteiger partial charge in [0, 0.05) is 46.7 Å². The van der Waals surface area contributed by atoms with Gasteiger partial charge in [-0.05, 0) is 37.5 Å². The van der Waals surface area contributed by atoms with Gasteiger partial charge in [-0.3, -0.25) is 4.79 Å². The second-order valence-corrected chi connectivity index (χ2v) is 6.64. The zero-order valence-electron chi connectivity index (χ0n) is 16.0. The van der Waals surface area contributed by atoms with Crippen LogP contribution < -0.4 is 15.5 Å². The molecule has 0 aliphatic carbocycles. The fourth-order valence-corrected chi connectivity index (χ4v) is 2.94. The van der Waals surface area contributed by atoms with Crippen LogP contribution in [0.15, 0.2) is 23.2 Å². The maximum absolute atomic E-state index is 14.0. The molecule has 0 spiro atoms. The molecule has 1 amide bonds. The largest absolute Gasteiger partial charge is 0.375 e. The summed E-state index contributed by atoms with van der Waals surface area (Å²) in [4.78, 5) is 19.8. The van der Waals surface area contributed by atoms with Crippen LogP contribution in [-0.4, -0.2) is 57.0 Å². The van der Waals surface area contributed by atoms with E-state index in [-0.39, 0.29) is 11.7 Å². The van der Waals surface area contributed by atoms with Gasteiger partial charge in [0.1, 0.15) is 5.82 Å². The number of anilines is 1. The Bertz CT molecular complexity index is 632. The van der Waals surface area contributed by atoms with E-state index < -0.39 is 0 Å². The predicted molar refractivity (Wildman–Crippen MR) is 104 cm³/mol. The Morgan fingerprint density at radius 3 is 2.77 bits per heavy atom. The van der Waals surface area contributed by atoms with Gasteiger partial charge in [-0.1, -0.05) is 6.07 Å². The highest BCUT2D eigenvalue weighted by Crippen LogP contribution is 2.18. The number of guanidine groups is 1. The summed E-state index contributed by atoms with van der Waals surface area (Å²) in [5.41, 5.74) is 1.40. The molecule has 1 heterocycles. The zero-order chi connectivity index (χ0) is 18.9. The normalized spacial score (nSPS) is 14.7. The Balaban J connectivity index is 1.83. The second-order valence-electron chi connectivity index (χ2n) is 6.64. The van der Waals surface area contributed by atoms with Gasteiger partial charge in [0.15, 0.2) is 5.96 Å². The molecule has 1 saturated heterocycles. The minimum Gasteiger partial charge on any atom is -0.375 e. The molecule has 1 aliphatic rings. The topological polar surface area (TPSA) is 60.0 Å². The lowest BCUT2D eigenvalue weighted by molar-refractivity contribution is -0.127. The molecular weight excluding hydrogens is 333 g/mol. The predicted octanol–water partition coefficient (Wildman–Crippen LogP) is 1.96. The highest BCUT2D eigenvalue weighted by Gasteiger charge is 2.18. The molecule has 1 fully saturated rings. The average molecular weight is 363 g/mol. The molecule has 1 aliphatic heterocycles. The van der Waals surface area contributed by atoms with Crippen molar-refractivity contribution in [2.75, 3.05) is 45.2 Å². The summed E-state index contributed by atoms with van der Waals surface area (Å²) in [5, 5.41) is 6.46. The van der Waals surface area contributed by atoms with Crippen LogP contribution in [0.5, 0.6) is 0 Å². The molecular formula is C19H30FN5O. The number of amides is 1. The molecule has 0 aromatic heterocycles. The van der Waals surface area contributed by atoms with E-state index in [1.165, 1.54) is 6.07 Å². The zero-order valence-corrected chi connectivity index (χ0v) is 16.0. The highest BCUT2D eigenvalue weighted by molar-refractivity contribution is 5.79. The third-order valence-corrected chi connectivity index (χ3v) is 4.33. The van der Waals surface area contributed by atoms with Crippen LogP contribution in [0.25, 0.3) is 0 Å². The van der Waals surface area contributed by atoms with Gasteiger partial charge in [-0.2, -0.15) is 0 Å². The van der Waals surface area contributed by atoms with Crippen molar-refractivity contribution in [3.63, 3.8) is 0 Å². The van der Waals surface area contributed by atoms with E-state index >= 15 is 0 Å². The van der Waals surface area contributed by atoms with E-state index in [0.29, 0.717) is 24.6 Å². The molecule has 7 heteroatoms. The summed E-state index contributed by atoms with van der Waals surface area (Å²) in [7, 11) is 3.64. The first-order chi connectivity index (χ1) is 12.5. The number of likely N-dealkylation sites (tertiary alicyclic amines) is 1. The Hall–Kier alpha value is -2.31. The van der Waals surface area contributed by atoms with Gasteiger partial charge in [0.2, 0.25) is 5.91 Å². The third kappa shape index (κ3) is 5.89. The number of hydrogen-bond acceptors (Lipinski definition) is 3. The van der Waals surface area contributed by atoms with E-state index in [4.69, 9.17) is 0 Å². The number of nitrogens with zero attached hydrogens (tertiary/aromatic N) is 3. The highest BCUT2D eigenvalue weighted by atomic mass is 19.1. The number of halogens is 1. The molecule has 6 nitrogen and oxygen atoms in total. The van der Waals surface area contributed by atoms with Crippen molar-refractivity contribution in [1.29, 1.82) is 0 Å². The Labute approximate surface area is 155 Å². The quantitative estimate of drug-likeness (QED) is 0.421. The summed E-state index contributed by atoms with van der Waals surface area (Å²) < 4.78 is 14.0. The van der Waals surface area contributed by atoms with Gasteiger partial charge in [0.25, 0.3) is 0 Å². The van der Waals surface area contributed by atoms with E-state index in [1.54, 1.807) is 11.0 Å². The number of aliphatic imine (C=N–C) groups is 1. The summed E-state index contributed by atoms with van der Waals surface area (Å²) in [6.45, 7) is 5.56. The summed E-state index contributed by atoms with van der Waals surface area (Å²) in [6.07, 6.45) is 2.53. The molecule has 0 unspecified atom stereocenters. The van der Waals surface area contributed by atoms with Crippen LogP contribution in [0.4, 0.5) is 10.1 Å². The third-order valence-electron chi connectivity index (χ3n) is 4.33. The maximum atomic E-state index is 14.0. The molecule has 2 N–H and O–H groups in total. The monoisotopic (exact) mass is 363 g/mol. The van der Waals surface area contributed by atoms with Crippen molar-refractivity contribution in [1.82, 2.24) is 15.5 Å². The average Bonchev–Trinajstić information content (AvgIpc) is 3.01. The van der Waals surface area contributed by atoms with Crippen molar-refractivity contribution in [2.45, 2.75) is 32.7 Å². The minimum absolute atomic E-state index is 0.240. The first-order valence-corrected chi connectivity index (χ1v) is 9.27. The number of benzene rings is 1. The van der Waals surface area contributed by atoms with Crippen molar-refractivity contribution in [2.24, 2.45) is 4.99 Å². The second kappa shape index (κ2) is 9.99. The summed E-state index contributed by atoms with van der Waals surface area (Å²) >= 11 is 0. The fourth-order valence-electron chi connectivity index (χ4n) is 2.94. The SMILES string of the molecule is CCNC(=NCc1ccc(N(C)C)c(F)c1)NCCCN1CCCC1=O. The number of hydrogen-bond donors (Lipinski definition) is 2. The van der Waals surface area contributed by atoms with E-state index in [2.05, 4.69) is 15.6 Å². The number of carbonyl (C=O) groups excluding carboxylic acids is 1. The molecule has 0 atom stereocenters. The van der Waals surface area contributed by atoms with Gasteiger partial charge in [-0.25, -0.2) is 9.38 Å². The number of rotatable bonds is 8. The van der Waals surface area contributed by atoms with E-state index in [9.17, 15) is 9.18 Å². The van der Waals surface area contributed by atoms with Crippen molar-refractivity contribution in [3.05, 3.63) is 29.6 Å². The molecule has 2 rings (SSSR count). The molecule has 0 bridgehead atoms. The lowest BCUT2D eigenvalue weighted by Gasteiger charge is -2.16. The van der Waals surface area contributed by atoms with Crippen LogP contribution in [0.2, 0.25) is 0 Å². The fraction of sp³-hybridized carbons (Fsp3) is 0.579. The van der Waals surface area contributed by atoms with Crippen LogP contribution in [-0.2, 0) is 11.3 Å². The first-order valence-electron chi connectivity index (χ1n) is 9.27. The minimum atomic E-state index is -0.240. The molecule has 144 valence electrons.